The summed E-state index contributed by atoms with van der Waals surface area (Å²) < 4.78 is 13.4. The molecule has 6 heteroatoms. The molecule has 4 nitrogen and oxygen atoms in total. The zero-order valence-corrected chi connectivity index (χ0v) is 19.2. The first-order chi connectivity index (χ1) is 13.7. The van der Waals surface area contributed by atoms with Crippen LogP contribution in [0.1, 0.15) is 30.7 Å². The molecule has 1 aliphatic heterocycles. The first kappa shape index (κ1) is 21.9. The molecule has 0 aromatic heterocycles. The number of nitrogens with one attached hydrogen (secondary N) is 2. The Morgan fingerprint density at radius 2 is 1.86 bits per heavy atom. The lowest BCUT2D eigenvalue weighted by Crippen LogP contribution is -2.49. The van der Waals surface area contributed by atoms with Crippen LogP contribution in [0.2, 0.25) is 0 Å². The van der Waals surface area contributed by atoms with Crippen molar-refractivity contribution in [2.45, 2.75) is 31.2 Å². The molecule has 2 unspecified atom stereocenters. The summed E-state index contributed by atoms with van der Waals surface area (Å²) in [5, 5.41) is 7.07. The van der Waals surface area contributed by atoms with Gasteiger partial charge in [-0.1, -0.05) is 36.4 Å². The molecule has 1 heterocycles. The molecule has 0 radical (unpaired) electrons. The van der Waals surface area contributed by atoms with Crippen molar-refractivity contribution in [3.05, 3.63) is 66.0 Å². The van der Waals surface area contributed by atoms with E-state index in [1.807, 2.05) is 13.1 Å². The van der Waals surface area contributed by atoms with Gasteiger partial charge in [-0.25, -0.2) is 4.39 Å². The van der Waals surface area contributed by atoms with Gasteiger partial charge in [0.2, 0.25) is 0 Å². The molecule has 4 rings (SSSR count). The standard InChI is InChI=1S/C23H29FN4.HI/c1-25-23(26-16-18-14-22(18)17-6-3-2-4-7-17)27-20-10-12-28(13-11-20)21-9-5-8-19(24)15-21;/h2-9,15,18,20,22H,10-14,16H2,1H3,(H2,25,26,27);1H. The van der Waals surface area contributed by atoms with Crippen LogP contribution in [-0.2, 0) is 0 Å². The van der Waals surface area contributed by atoms with Crippen molar-refractivity contribution in [1.29, 1.82) is 0 Å². The lowest BCUT2D eigenvalue weighted by molar-refractivity contribution is 0.460. The monoisotopic (exact) mass is 508 g/mol. The van der Waals surface area contributed by atoms with Crippen LogP contribution in [0.3, 0.4) is 0 Å². The number of hydrogen-bond acceptors (Lipinski definition) is 2. The topological polar surface area (TPSA) is 39.7 Å². The van der Waals surface area contributed by atoms with E-state index >= 15 is 0 Å². The number of guanidine groups is 1. The van der Waals surface area contributed by atoms with Crippen molar-refractivity contribution >= 4 is 35.6 Å². The average molecular weight is 508 g/mol. The van der Waals surface area contributed by atoms with Gasteiger partial charge in [0, 0.05) is 38.4 Å². The Hall–Kier alpha value is -1.83. The number of nitrogens with zero attached hydrogens (tertiary/aromatic N) is 2. The van der Waals surface area contributed by atoms with Gasteiger partial charge >= 0.3 is 0 Å². The molecule has 29 heavy (non-hydrogen) atoms. The maximum atomic E-state index is 13.4. The van der Waals surface area contributed by atoms with E-state index < -0.39 is 0 Å². The largest absolute Gasteiger partial charge is 0.371 e. The van der Waals surface area contributed by atoms with E-state index in [4.69, 9.17) is 0 Å². The summed E-state index contributed by atoms with van der Waals surface area (Å²) >= 11 is 0. The molecule has 1 aliphatic carbocycles. The molecule has 0 amide bonds. The second-order valence-corrected chi connectivity index (χ2v) is 7.85. The Morgan fingerprint density at radius 1 is 1.10 bits per heavy atom. The molecule has 2 aliphatic rings. The van der Waals surface area contributed by atoms with Crippen LogP contribution in [0, 0.1) is 11.7 Å². The van der Waals surface area contributed by atoms with Crippen molar-refractivity contribution in [1.82, 2.24) is 10.6 Å². The van der Waals surface area contributed by atoms with E-state index in [0.29, 0.717) is 17.9 Å². The predicted molar refractivity (Wildman–Crippen MR) is 129 cm³/mol. The average Bonchev–Trinajstić information content (AvgIpc) is 3.52. The van der Waals surface area contributed by atoms with E-state index in [1.54, 1.807) is 12.1 Å². The van der Waals surface area contributed by atoms with Crippen molar-refractivity contribution < 1.29 is 4.39 Å². The third-order valence-corrected chi connectivity index (χ3v) is 5.91. The number of rotatable bonds is 5. The summed E-state index contributed by atoms with van der Waals surface area (Å²) in [5.41, 5.74) is 2.42. The molecule has 1 saturated carbocycles. The molecule has 1 saturated heterocycles. The molecular weight excluding hydrogens is 478 g/mol. The molecule has 2 aromatic carbocycles. The van der Waals surface area contributed by atoms with Gasteiger partial charge in [0.25, 0.3) is 0 Å². The van der Waals surface area contributed by atoms with E-state index in [-0.39, 0.29) is 29.8 Å². The first-order valence-electron chi connectivity index (χ1n) is 10.3. The van der Waals surface area contributed by atoms with Crippen LogP contribution >= 0.6 is 24.0 Å². The highest BCUT2D eigenvalue weighted by Crippen LogP contribution is 2.46. The Balaban J connectivity index is 0.00000240. The van der Waals surface area contributed by atoms with Gasteiger partial charge in [-0.15, -0.1) is 24.0 Å². The Kier molecular flexibility index (Phi) is 7.75. The fraction of sp³-hybridized carbons (Fsp3) is 0.435. The number of halogens is 2. The highest BCUT2D eigenvalue weighted by Gasteiger charge is 2.37. The zero-order valence-electron chi connectivity index (χ0n) is 16.9. The van der Waals surface area contributed by atoms with E-state index in [9.17, 15) is 4.39 Å². The summed E-state index contributed by atoms with van der Waals surface area (Å²) in [7, 11) is 1.83. The van der Waals surface area contributed by atoms with Crippen molar-refractivity contribution in [2.75, 3.05) is 31.6 Å². The first-order valence-corrected chi connectivity index (χ1v) is 10.3. The van der Waals surface area contributed by atoms with Crippen molar-refractivity contribution in [2.24, 2.45) is 10.9 Å². The second kappa shape index (κ2) is 10.3. The fourth-order valence-corrected chi connectivity index (χ4v) is 4.15. The van der Waals surface area contributed by atoms with Gasteiger partial charge in [0.15, 0.2) is 5.96 Å². The Labute approximate surface area is 190 Å². The summed E-state index contributed by atoms with van der Waals surface area (Å²) in [4.78, 5) is 6.66. The van der Waals surface area contributed by atoms with Crippen molar-refractivity contribution in [3.8, 4) is 0 Å². The second-order valence-electron chi connectivity index (χ2n) is 7.85. The SMILES string of the molecule is CN=C(NCC1CC1c1ccccc1)NC1CCN(c2cccc(F)c2)CC1.I. The van der Waals surface area contributed by atoms with Gasteiger partial charge in [0.1, 0.15) is 5.82 Å². The molecule has 0 spiro atoms. The zero-order chi connectivity index (χ0) is 19.3. The lowest BCUT2D eigenvalue weighted by Gasteiger charge is -2.34. The molecule has 156 valence electrons. The van der Waals surface area contributed by atoms with Gasteiger partial charge < -0.3 is 15.5 Å². The molecule has 0 bridgehead atoms. The fourth-order valence-electron chi connectivity index (χ4n) is 4.15. The quantitative estimate of drug-likeness (QED) is 0.358. The summed E-state index contributed by atoms with van der Waals surface area (Å²) in [6.07, 6.45) is 3.29. The van der Waals surface area contributed by atoms with Crippen LogP contribution < -0.4 is 15.5 Å². The lowest BCUT2D eigenvalue weighted by atomic mass is 10.0. The van der Waals surface area contributed by atoms with E-state index in [0.717, 1.165) is 44.1 Å². The van der Waals surface area contributed by atoms with Crippen molar-refractivity contribution in [3.63, 3.8) is 0 Å². The molecule has 2 N–H and O–H groups in total. The van der Waals surface area contributed by atoms with Crippen LogP contribution in [0.25, 0.3) is 0 Å². The van der Waals surface area contributed by atoms with E-state index in [2.05, 4.69) is 50.9 Å². The van der Waals surface area contributed by atoms with E-state index in [1.165, 1.54) is 18.1 Å². The highest BCUT2D eigenvalue weighted by atomic mass is 127. The van der Waals surface area contributed by atoms with Crippen LogP contribution in [0.15, 0.2) is 59.6 Å². The summed E-state index contributed by atoms with van der Waals surface area (Å²) in [6.45, 7) is 2.81. The summed E-state index contributed by atoms with van der Waals surface area (Å²) in [5.74, 6) is 2.09. The molecular formula is C23H30FIN4. The third kappa shape index (κ3) is 5.84. The number of anilines is 1. The maximum absolute atomic E-state index is 13.4. The van der Waals surface area contributed by atoms with Gasteiger partial charge in [0.05, 0.1) is 0 Å². The Morgan fingerprint density at radius 3 is 2.55 bits per heavy atom. The molecule has 2 atom stereocenters. The number of piperidine rings is 1. The van der Waals surface area contributed by atoms with Gasteiger partial charge in [-0.2, -0.15) is 0 Å². The Bertz CT molecular complexity index is 806. The van der Waals surface area contributed by atoms with Crippen LogP contribution in [0.5, 0.6) is 0 Å². The predicted octanol–water partition coefficient (Wildman–Crippen LogP) is 4.38. The van der Waals surface area contributed by atoms with Gasteiger partial charge in [-0.05, 0) is 54.9 Å². The van der Waals surface area contributed by atoms with Gasteiger partial charge in [-0.3, -0.25) is 4.99 Å². The van der Waals surface area contributed by atoms with Crippen LogP contribution in [-0.4, -0.2) is 38.7 Å². The number of benzene rings is 2. The number of aliphatic imine (C=N–C) groups is 1. The minimum absolute atomic E-state index is 0. The highest BCUT2D eigenvalue weighted by molar-refractivity contribution is 14.0. The van der Waals surface area contributed by atoms with Crippen LogP contribution in [0.4, 0.5) is 10.1 Å². The normalized spacial score (nSPS) is 22.0. The summed E-state index contributed by atoms with van der Waals surface area (Å²) in [6, 6.07) is 18.0. The third-order valence-electron chi connectivity index (χ3n) is 5.91. The minimum atomic E-state index is -0.170. The minimum Gasteiger partial charge on any atom is -0.371 e. The smallest absolute Gasteiger partial charge is 0.191 e. The maximum Gasteiger partial charge on any atom is 0.191 e. The number of hydrogen-bond donors (Lipinski definition) is 2. The molecule has 2 aromatic rings. The molecule has 2 fully saturated rings.